The number of benzene rings is 2. The highest BCUT2D eigenvalue weighted by atomic mass is 19.1. The predicted molar refractivity (Wildman–Crippen MR) is 112 cm³/mol. The Hall–Kier alpha value is -3.63. The molecule has 9 nitrogen and oxygen atoms in total. The van der Waals surface area contributed by atoms with E-state index in [-0.39, 0.29) is 18.0 Å². The molecule has 2 unspecified atom stereocenters. The van der Waals surface area contributed by atoms with E-state index in [1.807, 2.05) is 6.07 Å². The summed E-state index contributed by atoms with van der Waals surface area (Å²) in [5.41, 5.74) is 8.36. The number of anilines is 1. The van der Waals surface area contributed by atoms with E-state index in [2.05, 4.69) is 31.1 Å². The van der Waals surface area contributed by atoms with Crippen molar-refractivity contribution in [2.24, 2.45) is 0 Å². The summed E-state index contributed by atoms with van der Waals surface area (Å²) in [6, 6.07) is 11.2. The monoisotopic (exact) mass is 421 g/mol. The number of aliphatic hydroxyl groups excluding tert-OH is 1. The van der Waals surface area contributed by atoms with Crippen molar-refractivity contribution in [1.82, 2.24) is 30.4 Å². The van der Waals surface area contributed by atoms with Crippen LogP contribution in [0.25, 0.3) is 10.8 Å². The van der Waals surface area contributed by atoms with Gasteiger partial charge in [-0.05, 0) is 36.2 Å². The number of aromatic amines is 1. The van der Waals surface area contributed by atoms with Crippen molar-refractivity contribution in [1.29, 1.82) is 0 Å². The molecule has 0 saturated carbocycles. The van der Waals surface area contributed by atoms with Gasteiger partial charge in [-0.2, -0.15) is 10.2 Å². The number of nitrogens with zero attached hydrogens (tertiary/aromatic N) is 4. The van der Waals surface area contributed by atoms with Crippen LogP contribution in [0, 0.1) is 5.82 Å². The van der Waals surface area contributed by atoms with Gasteiger partial charge in [-0.25, -0.2) is 24.6 Å². The predicted octanol–water partition coefficient (Wildman–Crippen LogP) is 1.84. The molecule has 3 heterocycles. The molecule has 158 valence electrons. The maximum atomic E-state index is 13.6. The zero-order valence-electron chi connectivity index (χ0n) is 16.4. The number of halogens is 1. The minimum absolute atomic E-state index is 0.0230. The van der Waals surface area contributed by atoms with Crippen molar-refractivity contribution >= 4 is 16.5 Å². The van der Waals surface area contributed by atoms with Crippen molar-refractivity contribution in [2.75, 3.05) is 12.0 Å². The second kappa shape index (κ2) is 7.89. The highest BCUT2D eigenvalue weighted by Gasteiger charge is 2.36. The van der Waals surface area contributed by atoms with Gasteiger partial charge in [0.25, 0.3) is 5.56 Å². The maximum Gasteiger partial charge on any atom is 0.272 e. The molecule has 0 spiro atoms. The number of hydrogen-bond donors (Lipinski definition) is 4. The van der Waals surface area contributed by atoms with E-state index >= 15 is 0 Å². The van der Waals surface area contributed by atoms with Gasteiger partial charge in [-0.1, -0.05) is 18.2 Å². The first-order chi connectivity index (χ1) is 15.2. The van der Waals surface area contributed by atoms with Gasteiger partial charge in [0.05, 0.1) is 28.7 Å². The Kier molecular flexibility index (Phi) is 4.92. The lowest BCUT2D eigenvalue weighted by molar-refractivity contribution is 0.275. The number of hydrazine groups is 1. The number of rotatable bonds is 5. The van der Waals surface area contributed by atoms with Gasteiger partial charge in [0.2, 0.25) is 0 Å². The van der Waals surface area contributed by atoms with Crippen LogP contribution in [-0.2, 0) is 6.54 Å². The molecule has 0 radical (unpaired) electrons. The summed E-state index contributed by atoms with van der Waals surface area (Å²) in [6.07, 6.45) is 1.97. The number of nitrogens with one attached hydrogen (secondary N) is 3. The molecule has 0 aliphatic carbocycles. The maximum absolute atomic E-state index is 13.6. The first-order valence-electron chi connectivity index (χ1n) is 9.94. The highest BCUT2D eigenvalue weighted by Crippen LogP contribution is 2.41. The van der Waals surface area contributed by atoms with E-state index in [1.165, 1.54) is 18.5 Å². The smallest absolute Gasteiger partial charge is 0.272 e. The normalized spacial score (nSPS) is 18.0. The van der Waals surface area contributed by atoms with Gasteiger partial charge in [-0.3, -0.25) is 4.79 Å². The van der Waals surface area contributed by atoms with E-state index in [9.17, 15) is 14.3 Å². The number of aliphatic hydroxyl groups is 1. The lowest BCUT2D eigenvalue weighted by Gasteiger charge is -2.26. The molecule has 0 fully saturated rings. The fourth-order valence-corrected chi connectivity index (χ4v) is 4.09. The lowest BCUT2D eigenvalue weighted by Crippen LogP contribution is -2.32. The van der Waals surface area contributed by atoms with E-state index in [1.54, 1.807) is 28.9 Å². The molecule has 2 aromatic heterocycles. The third-order valence-corrected chi connectivity index (χ3v) is 5.51. The Labute approximate surface area is 175 Å². The SMILES string of the molecule is O=c1[nH]nc2c3c(cccc13)NNC(c1ccc(F)cc1)C2c1ncnn1CCCO. The Balaban J connectivity index is 1.76. The third kappa shape index (κ3) is 3.35. The standard InChI is InChI=1S/C21H20FN7O2/c22-13-7-5-12(6-8-13)18-17(20-23-11-24-29(20)9-2-10-30)19-16-14(21(31)28-27-19)3-1-4-15(16)25-26-18/h1,3-8,11,17-18,25-26,30H,2,9-10H2,(H,28,31). The summed E-state index contributed by atoms with van der Waals surface area (Å²) in [5.74, 6) is -0.169. The third-order valence-electron chi connectivity index (χ3n) is 5.51. The van der Waals surface area contributed by atoms with Gasteiger partial charge in [-0.15, -0.1) is 0 Å². The second-order valence-corrected chi connectivity index (χ2v) is 7.36. The van der Waals surface area contributed by atoms with E-state index in [4.69, 9.17) is 0 Å². The first kappa shape index (κ1) is 19.3. The Bertz CT molecular complexity index is 1290. The van der Waals surface area contributed by atoms with Crippen molar-refractivity contribution < 1.29 is 9.50 Å². The number of aromatic nitrogens is 5. The summed E-state index contributed by atoms with van der Waals surface area (Å²) >= 11 is 0. The van der Waals surface area contributed by atoms with Crippen LogP contribution in [0.1, 0.15) is 35.5 Å². The fraction of sp³-hybridized carbons (Fsp3) is 0.238. The second-order valence-electron chi connectivity index (χ2n) is 7.36. The average molecular weight is 421 g/mol. The summed E-state index contributed by atoms with van der Waals surface area (Å²) in [7, 11) is 0. The zero-order chi connectivity index (χ0) is 21.4. The summed E-state index contributed by atoms with van der Waals surface area (Å²) < 4.78 is 15.3. The highest BCUT2D eigenvalue weighted by molar-refractivity contribution is 5.96. The van der Waals surface area contributed by atoms with Crippen molar-refractivity contribution in [2.45, 2.75) is 24.9 Å². The quantitative estimate of drug-likeness (QED) is 0.388. The van der Waals surface area contributed by atoms with Crippen LogP contribution in [0.15, 0.2) is 53.6 Å². The molecular formula is C21H20FN7O2. The fourth-order valence-electron chi connectivity index (χ4n) is 4.09. The Morgan fingerprint density at radius 2 is 2.00 bits per heavy atom. The van der Waals surface area contributed by atoms with Gasteiger partial charge in [0, 0.05) is 18.5 Å². The minimum Gasteiger partial charge on any atom is -0.396 e. The number of hydrogen-bond acceptors (Lipinski definition) is 7. The van der Waals surface area contributed by atoms with Crippen molar-refractivity contribution in [3.05, 3.63) is 82.0 Å². The Morgan fingerprint density at radius 3 is 2.81 bits per heavy atom. The van der Waals surface area contributed by atoms with Gasteiger partial charge < -0.3 is 10.5 Å². The number of aryl methyl sites for hydroxylation is 1. The zero-order valence-corrected chi connectivity index (χ0v) is 16.4. The van der Waals surface area contributed by atoms with Crippen LogP contribution in [0.5, 0.6) is 0 Å². The van der Waals surface area contributed by atoms with Gasteiger partial charge in [0.1, 0.15) is 18.0 Å². The molecule has 2 atom stereocenters. The molecule has 10 heteroatoms. The topological polar surface area (TPSA) is 121 Å². The van der Waals surface area contributed by atoms with Gasteiger partial charge >= 0.3 is 0 Å². The summed E-state index contributed by atoms with van der Waals surface area (Å²) in [6.45, 7) is 0.495. The minimum atomic E-state index is -0.456. The van der Waals surface area contributed by atoms with Crippen molar-refractivity contribution in [3.63, 3.8) is 0 Å². The molecule has 0 bridgehead atoms. The van der Waals surface area contributed by atoms with Crippen LogP contribution in [0.3, 0.4) is 0 Å². The van der Waals surface area contributed by atoms with Crippen LogP contribution in [0.2, 0.25) is 0 Å². The average Bonchev–Trinajstić information content (AvgIpc) is 3.18. The summed E-state index contributed by atoms with van der Waals surface area (Å²) in [5, 5.41) is 21.8. The molecule has 1 aliphatic rings. The molecular weight excluding hydrogens is 401 g/mol. The van der Waals surface area contributed by atoms with E-state index < -0.39 is 12.0 Å². The summed E-state index contributed by atoms with van der Waals surface area (Å²) in [4.78, 5) is 17.0. The molecule has 4 N–H and O–H groups in total. The van der Waals surface area contributed by atoms with E-state index in [0.29, 0.717) is 40.9 Å². The number of H-pyrrole nitrogens is 1. The van der Waals surface area contributed by atoms with Crippen LogP contribution in [-0.4, -0.2) is 36.7 Å². The van der Waals surface area contributed by atoms with Crippen LogP contribution in [0.4, 0.5) is 10.1 Å². The molecule has 5 rings (SSSR count). The lowest BCUT2D eigenvalue weighted by atomic mass is 9.88. The van der Waals surface area contributed by atoms with E-state index in [0.717, 1.165) is 5.56 Å². The molecule has 2 aromatic carbocycles. The van der Waals surface area contributed by atoms with Crippen LogP contribution < -0.4 is 16.4 Å². The largest absolute Gasteiger partial charge is 0.396 e. The van der Waals surface area contributed by atoms with Crippen LogP contribution >= 0.6 is 0 Å². The first-order valence-corrected chi connectivity index (χ1v) is 9.94. The van der Waals surface area contributed by atoms with Crippen molar-refractivity contribution in [3.8, 4) is 0 Å². The molecule has 31 heavy (non-hydrogen) atoms. The molecule has 0 amide bonds. The Morgan fingerprint density at radius 1 is 1.16 bits per heavy atom. The molecule has 1 aliphatic heterocycles. The van der Waals surface area contributed by atoms with Gasteiger partial charge in [0.15, 0.2) is 0 Å². The molecule has 4 aromatic rings. The molecule has 0 saturated heterocycles.